The molecular weight excluding hydrogens is 216 g/mol. The molecule has 0 aliphatic rings. The first-order valence-electron chi connectivity index (χ1n) is 6.00. The Hall–Kier alpha value is -1.13. The normalized spacial score (nSPS) is 14.4. The summed E-state index contributed by atoms with van der Waals surface area (Å²) in [5.74, 6) is 0.842. The van der Waals surface area contributed by atoms with Crippen molar-refractivity contribution in [3.8, 4) is 0 Å². The van der Waals surface area contributed by atoms with Crippen molar-refractivity contribution >= 4 is 5.82 Å². The van der Waals surface area contributed by atoms with E-state index in [4.69, 9.17) is 4.74 Å². The van der Waals surface area contributed by atoms with Gasteiger partial charge in [-0.1, -0.05) is 6.07 Å². The lowest BCUT2D eigenvalue weighted by molar-refractivity contribution is 0.180. The fraction of sp³-hybridized carbons (Fsp3) is 0.615. The number of hydrogen-bond acceptors (Lipinski definition) is 4. The first-order chi connectivity index (χ1) is 8.11. The number of aromatic nitrogens is 1. The molecule has 0 fully saturated rings. The molecule has 17 heavy (non-hydrogen) atoms. The summed E-state index contributed by atoms with van der Waals surface area (Å²) in [6, 6.07) is 3.99. The molecule has 0 saturated heterocycles. The van der Waals surface area contributed by atoms with Gasteiger partial charge >= 0.3 is 0 Å². The van der Waals surface area contributed by atoms with Crippen LogP contribution in [0.5, 0.6) is 0 Å². The molecule has 0 aromatic carbocycles. The van der Waals surface area contributed by atoms with Crippen molar-refractivity contribution in [2.24, 2.45) is 0 Å². The second kappa shape index (κ2) is 6.57. The summed E-state index contributed by atoms with van der Waals surface area (Å²) in [6.45, 7) is 7.40. The minimum atomic E-state index is -0.512. The van der Waals surface area contributed by atoms with Gasteiger partial charge in [-0.15, -0.1) is 0 Å². The number of aliphatic hydroxyl groups is 1. The Labute approximate surface area is 103 Å². The van der Waals surface area contributed by atoms with Crippen molar-refractivity contribution in [2.75, 3.05) is 25.2 Å². The van der Waals surface area contributed by atoms with Gasteiger partial charge in [-0.25, -0.2) is 4.98 Å². The molecule has 0 bridgehead atoms. The van der Waals surface area contributed by atoms with Crippen LogP contribution in [0.2, 0.25) is 0 Å². The molecule has 4 heteroatoms. The summed E-state index contributed by atoms with van der Waals surface area (Å²) >= 11 is 0. The largest absolute Gasteiger partial charge is 0.389 e. The summed E-state index contributed by atoms with van der Waals surface area (Å²) in [6.07, 6.45) is 1.24. The number of pyridine rings is 1. The molecule has 1 N–H and O–H groups in total. The third-order valence-corrected chi connectivity index (χ3v) is 2.82. The maximum atomic E-state index is 9.76. The van der Waals surface area contributed by atoms with Crippen molar-refractivity contribution in [3.63, 3.8) is 0 Å². The van der Waals surface area contributed by atoms with Gasteiger partial charge in [-0.2, -0.15) is 0 Å². The number of methoxy groups -OCH3 is 1. The molecule has 1 heterocycles. The molecule has 0 spiro atoms. The highest BCUT2D eigenvalue weighted by atomic mass is 16.5. The zero-order chi connectivity index (χ0) is 12.8. The van der Waals surface area contributed by atoms with Gasteiger partial charge in [0.15, 0.2) is 0 Å². The van der Waals surface area contributed by atoms with Gasteiger partial charge in [0.05, 0.1) is 18.8 Å². The first kappa shape index (κ1) is 13.9. The minimum absolute atomic E-state index is 0.234. The average Bonchev–Trinajstić information content (AvgIpc) is 2.31. The van der Waals surface area contributed by atoms with Crippen molar-refractivity contribution in [1.82, 2.24) is 4.98 Å². The Morgan fingerprint density at radius 1 is 1.47 bits per heavy atom. The van der Waals surface area contributed by atoms with Gasteiger partial charge < -0.3 is 14.7 Å². The highest BCUT2D eigenvalue weighted by Gasteiger charge is 2.18. The predicted molar refractivity (Wildman–Crippen MR) is 69.2 cm³/mol. The zero-order valence-electron chi connectivity index (χ0n) is 11.1. The van der Waals surface area contributed by atoms with E-state index in [-0.39, 0.29) is 6.04 Å². The molecule has 0 saturated carbocycles. The number of nitrogens with zero attached hydrogens (tertiary/aromatic N) is 2. The van der Waals surface area contributed by atoms with Crippen LogP contribution in [0.15, 0.2) is 18.3 Å². The molecule has 0 aliphatic carbocycles. The van der Waals surface area contributed by atoms with Crippen LogP contribution in [0.4, 0.5) is 5.82 Å². The fourth-order valence-electron chi connectivity index (χ4n) is 1.98. The molecular formula is C13H22N2O2. The lowest BCUT2D eigenvalue weighted by Crippen LogP contribution is -2.37. The van der Waals surface area contributed by atoms with E-state index < -0.39 is 6.10 Å². The summed E-state index contributed by atoms with van der Waals surface area (Å²) in [5, 5.41) is 9.76. The molecule has 1 rings (SSSR count). The molecule has 1 aromatic rings. The standard InChI is InChI=1S/C13H22N2O2/c1-5-15(10(2)9-17-4)13-12(11(3)16)7-6-8-14-13/h6-8,10-11,16H,5,9H2,1-4H3/t10?,11-/m0/s1. The van der Waals surface area contributed by atoms with Crippen LogP contribution in [-0.4, -0.2) is 36.4 Å². The number of rotatable bonds is 6. The van der Waals surface area contributed by atoms with Crippen LogP contribution in [0.1, 0.15) is 32.4 Å². The maximum absolute atomic E-state index is 9.76. The number of anilines is 1. The summed E-state index contributed by atoms with van der Waals surface area (Å²) in [5.41, 5.74) is 0.859. The van der Waals surface area contributed by atoms with E-state index >= 15 is 0 Å². The Kier molecular flexibility index (Phi) is 5.38. The quantitative estimate of drug-likeness (QED) is 0.823. The highest BCUT2D eigenvalue weighted by molar-refractivity contribution is 5.48. The van der Waals surface area contributed by atoms with Crippen molar-refractivity contribution < 1.29 is 9.84 Å². The Morgan fingerprint density at radius 3 is 2.71 bits per heavy atom. The molecule has 1 unspecified atom stereocenters. The number of hydrogen-bond donors (Lipinski definition) is 1. The SMILES string of the molecule is CCN(c1ncccc1[C@H](C)O)C(C)COC. The van der Waals surface area contributed by atoms with Gasteiger partial charge in [0.2, 0.25) is 0 Å². The number of likely N-dealkylation sites (N-methyl/N-ethyl adjacent to an activating group) is 1. The first-order valence-corrected chi connectivity index (χ1v) is 6.00. The third-order valence-electron chi connectivity index (χ3n) is 2.82. The van der Waals surface area contributed by atoms with E-state index in [1.54, 1.807) is 20.2 Å². The second-order valence-corrected chi connectivity index (χ2v) is 4.18. The van der Waals surface area contributed by atoms with Crippen LogP contribution >= 0.6 is 0 Å². The Balaban J connectivity index is 3.02. The van der Waals surface area contributed by atoms with Crippen LogP contribution in [-0.2, 0) is 4.74 Å². The number of ether oxygens (including phenoxy) is 1. The third kappa shape index (κ3) is 3.41. The molecule has 2 atom stereocenters. The molecule has 1 aromatic heterocycles. The highest BCUT2D eigenvalue weighted by Crippen LogP contribution is 2.24. The van der Waals surface area contributed by atoms with Gasteiger partial charge in [-0.3, -0.25) is 0 Å². The van der Waals surface area contributed by atoms with Gasteiger partial charge in [0.25, 0.3) is 0 Å². The average molecular weight is 238 g/mol. The van der Waals surface area contributed by atoms with E-state index in [2.05, 4.69) is 23.7 Å². The molecule has 96 valence electrons. The lowest BCUT2D eigenvalue weighted by Gasteiger charge is -2.30. The fourth-order valence-corrected chi connectivity index (χ4v) is 1.98. The Bertz CT molecular complexity index is 342. The molecule has 0 aliphatic heterocycles. The zero-order valence-corrected chi connectivity index (χ0v) is 11.1. The monoisotopic (exact) mass is 238 g/mol. The van der Waals surface area contributed by atoms with Crippen LogP contribution in [0.25, 0.3) is 0 Å². The predicted octanol–water partition coefficient (Wildman–Crippen LogP) is 2.00. The van der Waals surface area contributed by atoms with Crippen LogP contribution in [0.3, 0.4) is 0 Å². The molecule has 4 nitrogen and oxygen atoms in total. The molecule has 0 radical (unpaired) electrons. The second-order valence-electron chi connectivity index (χ2n) is 4.18. The van der Waals surface area contributed by atoms with E-state index in [1.807, 2.05) is 12.1 Å². The summed E-state index contributed by atoms with van der Waals surface area (Å²) in [7, 11) is 1.69. The van der Waals surface area contributed by atoms with Crippen LogP contribution < -0.4 is 4.90 Å². The summed E-state index contributed by atoms with van der Waals surface area (Å²) < 4.78 is 5.18. The van der Waals surface area contributed by atoms with E-state index in [0.29, 0.717) is 6.61 Å². The minimum Gasteiger partial charge on any atom is -0.389 e. The maximum Gasteiger partial charge on any atom is 0.134 e. The van der Waals surface area contributed by atoms with Gasteiger partial charge in [-0.05, 0) is 26.8 Å². The molecule has 0 amide bonds. The van der Waals surface area contributed by atoms with Crippen molar-refractivity contribution in [3.05, 3.63) is 23.9 Å². The van der Waals surface area contributed by atoms with E-state index in [0.717, 1.165) is 17.9 Å². The summed E-state index contributed by atoms with van der Waals surface area (Å²) in [4.78, 5) is 6.53. The van der Waals surface area contributed by atoms with Gasteiger partial charge in [0.1, 0.15) is 5.82 Å². The smallest absolute Gasteiger partial charge is 0.134 e. The van der Waals surface area contributed by atoms with Crippen molar-refractivity contribution in [2.45, 2.75) is 32.9 Å². The lowest BCUT2D eigenvalue weighted by atomic mass is 10.1. The van der Waals surface area contributed by atoms with E-state index in [1.165, 1.54) is 0 Å². The van der Waals surface area contributed by atoms with Gasteiger partial charge in [0, 0.05) is 25.4 Å². The van der Waals surface area contributed by atoms with Crippen molar-refractivity contribution in [1.29, 1.82) is 0 Å². The van der Waals surface area contributed by atoms with Crippen LogP contribution in [0, 0.1) is 0 Å². The van der Waals surface area contributed by atoms with E-state index in [9.17, 15) is 5.11 Å². The topological polar surface area (TPSA) is 45.6 Å². The number of aliphatic hydroxyl groups excluding tert-OH is 1. The Morgan fingerprint density at radius 2 is 2.18 bits per heavy atom.